The van der Waals surface area contributed by atoms with E-state index in [-0.39, 0.29) is 25.4 Å². The number of esters is 1. The van der Waals surface area contributed by atoms with E-state index < -0.39 is 17.9 Å². The minimum absolute atomic E-state index is 0.0567. The molecule has 7 nitrogen and oxygen atoms in total. The molecule has 1 unspecified atom stereocenters. The number of anilines is 2. The molecule has 3 rings (SSSR count). The molecule has 0 aliphatic carbocycles. The SMILES string of the molecule is COC(=O)CN1C(=O)C(N)CN(C(=O)CCc2ccccc2)c2ccccc21. The summed E-state index contributed by atoms with van der Waals surface area (Å²) in [7, 11) is 1.26. The zero-order chi connectivity index (χ0) is 20.1. The highest BCUT2D eigenvalue weighted by Crippen LogP contribution is 2.33. The van der Waals surface area contributed by atoms with Crippen LogP contribution in [0.2, 0.25) is 0 Å². The third-order valence-corrected chi connectivity index (χ3v) is 4.71. The highest BCUT2D eigenvalue weighted by Gasteiger charge is 2.34. The van der Waals surface area contributed by atoms with E-state index in [1.165, 1.54) is 16.9 Å². The maximum Gasteiger partial charge on any atom is 0.325 e. The molecule has 0 radical (unpaired) electrons. The molecule has 2 aromatic rings. The molecule has 2 aromatic carbocycles. The zero-order valence-electron chi connectivity index (χ0n) is 15.7. The fraction of sp³-hybridized carbons (Fsp3) is 0.286. The number of carbonyl (C=O) groups is 3. The van der Waals surface area contributed by atoms with Gasteiger partial charge in [0.1, 0.15) is 12.6 Å². The Balaban J connectivity index is 1.88. The van der Waals surface area contributed by atoms with Gasteiger partial charge in [-0.25, -0.2) is 0 Å². The zero-order valence-corrected chi connectivity index (χ0v) is 15.7. The fourth-order valence-corrected chi connectivity index (χ4v) is 3.24. The van der Waals surface area contributed by atoms with E-state index >= 15 is 0 Å². The summed E-state index contributed by atoms with van der Waals surface area (Å²) in [6.07, 6.45) is 0.879. The predicted octanol–water partition coefficient (Wildman–Crippen LogP) is 1.50. The molecule has 1 atom stereocenters. The van der Waals surface area contributed by atoms with Gasteiger partial charge in [-0.15, -0.1) is 0 Å². The van der Waals surface area contributed by atoms with Crippen molar-refractivity contribution < 1.29 is 19.1 Å². The minimum atomic E-state index is -0.933. The predicted molar refractivity (Wildman–Crippen MR) is 106 cm³/mol. The van der Waals surface area contributed by atoms with Crippen LogP contribution in [0.5, 0.6) is 0 Å². The van der Waals surface area contributed by atoms with Crippen LogP contribution in [0.25, 0.3) is 0 Å². The van der Waals surface area contributed by atoms with Crippen molar-refractivity contribution in [2.45, 2.75) is 18.9 Å². The Morgan fingerprint density at radius 1 is 1.07 bits per heavy atom. The van der Waals surface area contributed by atoms with Gasteiger partial charge in [0, 0.05) is 6.42 Å². The van der Waals surface area contributed by atoms with Gasteiger partial charge in [0.05, 0.1) is 25.0 Å². The molecule has 1 heterocycles. The van der Waals surface area contributed by atoms with E-state index in [1.54, 1.807) is 24.3 Å². The second-order valence-electron chi connectivity index (χ2n) is 6.59. The Hall–Kier alpha value is -3.19. The smallest absolute Gasteiger partial charge is 0.325 e. The standard InChI is InChI=1S/C21H23N3O4/c1-28-20(26)14-24-18-10-6-5-9-17(18)23(13-16(22)21(24)27)19(25)12-11-15-7-3-2-4-8-15/h2-10,16H,11-14,22H2,1H3. The van der Waals surface area contributed by atoms with E-state index in [4.69, 9.17) is 10.5 Å². The number of nitrogens with zero attached hydrogens (tertiary/aromatic N) is 2. The van der Waals surface area contributed by atoms with Crippen molar-refractivity contribution in [2.75, 3.05) is 30.0 Å². The quantitative estimate of drug-likeness (QED) is 0.793. The molecule has 0 spiro atoms. The van der Waals surface area contributed by atoms with Crippen molar-refractivity contribution in [2.24, 2.45) is 5.73 Å². The van der Waals surface area contributed by atoms with Gasteiger partial charge < -0.3 is 15.4 Å². The number of amides is 2. The average molecular weight is 381 g/mol. The number of fused-ring (bicyclic) bond motifs is 1. The number of carbonyl (C=O) groups excluding carboxylic acids is 3. The summed E-state index contributed by atoms with van der Waals surface area (Å²) in [5.74, 6) is -1.10. The third-order valence-electron chi connectivity index (χ3n) is 4.71. The summed E-state index contributed by atoms with van der Waals surface area (Å²) < 4.78 is 4.70. The molecule has 1 aliphatic heterocycles. The molecule has 28 heavy (non-hydrogen) atoms. The van der Waals surface area contributed by atoms with Gasteiger partial charge in [-0.1, -0.05) is 42.5 Å². The average Bonchev–Trinajstić information content (AvgIpc) is 2.83. The normalized spacial score (nSPS) is 16.4. The lowest BCUT2D eigenvalue weighted by Gasteiger charge is -2.24. The Labute approximate surface area is 163 Å². The van der Waals surface area contributed by atoms with Gasteiger partial charge in [0.2, 0.25) is 11.8 Å². The molecule has 0 saturated heterocycles. The molecule has 2 N–H and O–H groups in total. The number of hydrogen-bond donors (Lipinski definition) is 1. The van der Waals surface area contributed by atoms with Crippen molar-refractivity contribution in [3.05, 3.63) is 60.2 Å². The highest BCUT2D eigenvalue weighted by atomic mass is 16.5. The molecule has 0 saturated carbocycles. The second kappa shape index (κ2) is 8.67. The van der Waals surface area contributed by atoms with Crippen LogP contribution in [-0.4, -0.2) is 44.0 Å². The summed E-state index contributed by atoms with van der Waals surface area (Å²) in [4.78, 5) is 40.4. The van der Waals surface area contributed by atoms with Gasteiger partial charge in [0.15, 0.2) is 0 Å². The number of ether oxygens (including phenoxy) is 1. The molecule has 0 fully saturated rings. The van der Waals surface area contributed by atoms with Crippen molar-refractivity contribution in [3.8, 4) is 0 Å². The van der Waals surface area contributed by atoms with Gasteiger partial charge in [-0.2, -0.15) is 0 Å². The topological polar surface area (TPSA) is 92.9 Å². The molecule has 0 aromatic heterocycles. The first kappa shape index (κ1) is 19.6. The molecule has 2 amide bonds. The monoisotopic (exact) mass is 381 g/mol. The van der Waals surface area contributed by atoms with Crippen LogP contribution >= 0.6 is 0 Å². The van der Waals surface area contributed by atoms with Crippen LogP contribution in [0, 0.1) is 0 Å². The van der Waals surface area contributed by atoms with Crippen LogP contribution < -0.4 is 15.5 Å². The lowest BCUT2D eigenvalue weighted by atomic mass is 10.1. The Bertz CT molecular complexity index is 869. The summed E-state index contributed by atoms with van der Waals surface area (Å²) in [5, 5.41) is 0. The van der Waals surface area contributed by atoms with E-state index in [2.05, 4.69) is 0 Å². The molecular formula is C21H23N3O4. The second-order valence-corrected chi connectivity index (χ2v) is 6.59. The van der Waals surface area contributed by atoms with Gasteiger partial charge in [0.25, 0.3) is 0 Å². The number of rotatable bonds is 5. The Morgan fingerprint density at radius 3 is 2.39 bits per heavy atom. The van der Waals surface area contributed by atoms with Crippen molar-refractivity contribution in [1.29, 1.82) is 0 Å². The summed E-state index contributed by atoms with van der Waals surface area (Å²) in [5.41, 5.74) is 8.16. The van der Waals surface area contributed by atoms with E-state index in [0.717, 1.165) is 5.56 Å². The van der Waals surface area contributed by atoms with Crippen LogP contribution in [-0.2, 0) is 25.5 Å². The van der Waals surface area contributed by atoms with Crippen molar-refractivity contribution in [3.63, 3.8) is 0 Å². The lowest BCUT2D eigenvalue weighted by molar-refractivity contribution is -0.140. The number of hydrogen-bond acceptors (Lipinski definition) is 5. The first-order valence-corrected chi connectivity index (χ1v) is 9.08. The summed E-state index contributed by atoms with van der Waals surface area (Å²) in [6.45, 7) is -0.201. The number of methoxy groups -OCH3 is 1. The van der Waals surface area contributed by atoms with Crippen LogP contribution in [0.15, 0.2) is 54.6 Å². The largest absolute Gasteiger partial charge is 0.468 e. The lowest BCUT2D eigenvalue weighted by Crippen LogP contribution is -2.49. The number of nitrogens with two attached hydrogens (primary N) is 1. The maximum absolute atomic E-state index is 13.0. The van der Waals surface area contributed by atoms with E-state index in [1.807, 2.05) is 30.3 Å². The molecular weight excluding hydrogens is 358 g/mol. The first-order chi connectivity index (χ1) is 13.5. The van der Waals surface area contributed by atoms with Gasteiger partial charge in [-0.3, -0.25) is 19.3 Å². The van der Waals surface area contributed by atoms with Crippen LogP contribution in [0.4, 0.5) is 11.4 Å². The Morgan fingerprint density at radius 2 is 1.71 bits per heavy atom. The van der Waals surface area contributed by atoms with Gasteiger partial charge in [-0.05, 0) is 24.1 Å². The number of benzene rings is 2. The van der Waals surface area contributed by atoms with E-state index in [0.29, 0.717) is 17.8 Å². The summed E-state index contributed by atoms with van der Waals surface area (Å²) >= 11 is 0. The van der Waals surface area contributed by atoms with Crippen LogP contribution in [0.1, 0.15) is 12.0 Å². The third kappa shape index (κ3) is 4.20. The minimum Gasteiger partial charge on any atom is -0.468 e. The summed E-state index contributed by atoms with van der Waals surface area (Å²) in [6, 6.07) is 15.8. The molecule has 1 aliphatic rings. The highest BCUT2D eigenvalue weighted by molar-refractivity contribution is 6.08. The molecule has 0 bridgehead atoms. The first-order valence-electron chi connectivity index (χ1n) is 9.08. The van der Waals surface area contributed by atoms with Gasteiger partial charge >= 0.3 is 5.97 Å². The Kier molecular flexibility index (Phi) is 6.06. The fourth-order valence-electron chi connectivity index (χ4n) is 3.24. The van der Waals surface area contributed by atoms with Crippen molar-refractivity contribution >= 4 is 29.2 Å². The van der Waals surface area contributed by atoms with Crippen molar-refractivity contribution in [1.82, 2.24) is 0 Å². The number of aryl methyl sites for hydroxylation is 1. The van der Waals surface area contributed by atoms with E-state index in [9.17, 15) is 14.4 Å². The maximum atomic E-state index is 13.0. The van der Waals surface area contributed by atoms with Crippen LogP contribution in [0.3, 0.4) is 0 Å². The molecule has 7 heteroatoms. The molecule has 146 valence electrons. The number of para-hydroxylation sites is 2.